The summed E-state index contributed by atoms with van der Waals surface area (Å²) in [4.78, 5) is 25.1. The number of hydrogen-bond donors (Lipinski definition) is 6. The van der Waals surface area contributed by atoms with Gasteiger partial charge >= 0.3 is 5.97 Å². The van der Waals surface area contributed by atoms with Crippen LogP contribution in [-0.4, -0.2) is 100 Å². The Hall–Kier alpha value is -2.64. The minimum Gasteiger partial charge on any atom is -0.466 e. The fourth-order valence-corrected chi connectivity index (χ4v) is 11.4. The molecule has 1 heterocycles. The van der Waals surface area contributed by atoms with Crippen molar-refractivity contribution in [2.45, 2.75) is 384 Å². The summed E-state index contributed by atoms with van der Waals surface area (Å²) in [6.45, 7) is 4.23. The van der Waals surface area contributed by atoms with Crippen molar-refractivity contribution in [3.05, 3.63) is 60.8 Å². The summed E-state index contributed by atoms with van der Waals surface area (Å²) in [6.07, 6.45) is 75.3. The minimum absolute atomic E-state index is 0.00875. The smallest absolute Gasteiger partial charge is 0.305 e. The van der Waals surface area contributed by atoms with Gasteiger partial charge in [-0.2, -0.15) is 0 Å². The number of ether oxygens (including phenoxy) is 3. The average molecular weight is 1210 g/mol. The maximum Gasteiger partial charge on any atom is 0.305 e. The van der Waals surface area contributed by atoms with E-state index in [-0.39, 0.29) is 18.5 Å². The maximum absolute atomic E-state index is 13.0. The first-order chi connectivity index (χ1) is 42.2. The molecule has 7 atom stereocenters. The Labute approximate surface area is 528 Å². The molecule has 0 bridgehead atoms. The monoisotopic (exact) mass is 1210 g/mol. The number of rotatable bonds is 64. The minimum atomic E-state index is -1.58. The van der Waals surface area contributed by atoms with Crippen LogP contribution in [0.1, 0.15) is 341 Å². The van der Waals surface area contributed by atoms with Crippen molar-refractivity contribution in [2.75, 3.05) is 19.8 Å². The molecule has 1 fully saturated rings. The second kappa shape index (κ2) is 63.9. The number of hydrogen-bond acceptors (Lipinski definition) is 10. The van der Waals surface area contributed by atoms with Crippen LogP contribution >= 0.6 is 0 Å². The highest BCUT2D eigenvalue weighted by atomic mass is 16.7. The molecule has 0 aromatic heterocycles. The molecule has 502 valence electrons. The van der Waals surface area contributed by atoms with E-state index in [1.165, 1.54) is 238 Å². The van der Waals surface area contributed by atoms with Crippen LogP contribution in [0.3, 0.4) is 0 Å². The molecule has 0 aliphatic carbocycles. The van der Waals surface area contributed by atoms with Gasteiger partial charge < -0.3 is 45.1 Å². The first-order valence-electron chi connectivity index (χ1n) is 36.6. The lowest BCUT2D eigenvalue weighted by molar-refractivity contribution is -0.302. The topological polar surface area (TPSA) is 175 Å². The van der Waals surface area contributed by atoms with Crippen molar-refractivity contribution in [1.29, 1.82) is 0 Å². The summed E-state index contributed by atoms with van der Waals surface area (Å²) in [7, 11) is 0. The van der Waals surface area contributed by atoms with Gasteiger partial charge in [0.1, 0.15) is 24.4 Å². The molecule has 11 nitrogen and oxygen atoms in total. The molecule has 1 saturated heterocycles. The van der Waals surface area contributed by atoms with E-state index in [4.69, 9.17) is 14.2 Å². The molecule has 0 aromatic rings. The molecule has 1 aliphatic rings. The van der Waals surface area contributed by atoms with Crippen LogP contribution in [0.25, 0.3) is 0 Å². The first kappa shape index (κ1) is 81.4. The van der Waals surface area contributed by atoms with Crippen LogP contribution in [0, 0.1) is 0 Å². The van der Waals surface area contributed by atoms with Crippen molar-refractivity contribution in [1.82, 2.24) is 5.32 Å². The normalized spacial score (nSPS) is 18.2. The molecule has 1 rings (SSSR count). The molecule has 0 saturated carbocycles. The zero-order chi connectivity index (χ0) is 62.3. The summed E-state index contributed by atoms with van der Waals surface area (Å²) < 4.78 is 16.7. The standard InChI is InChI=1S/C75H137NO10/c1-3-5-7-9-11-13-15-16-17-33-37-40-43-47-51-55-59-63-71(80)84-64-60-56-52-48-44-41-38-35-32-30-28-26-24-22-20-18-19-21-23-25-27-29-31-34-36-39-42-46-50-54-58-62-70(79)76-67(66-85-75-74(83)73(82)72(81)69(65-77)86-75)68(78)61-57-53-49-45-14-12-10-8-6-4-2/h6,8,14,20,22,26,28,45,57,61,67-69,72-75,77-78,81-83H,3-5,7,9-13,15-19,21,23-25,27,29-44,46-56,58-60,62-66H2,1-2H3,(H,76,79)/b8-6+,22-20-,28-26-,45-14+,61-57+. The molecule has 1 aliphatic heterocycles. The summed E-state index contributed by atoms with van der Waals surface area (Å²) in [5.41, 5.74) is 0. The zero-order valence-electron chi connectivity index (χ0n) is 55.8. The average Bonchev–Trinajstić information content (AvgIpc) is 3.41. The maximum atomic E-state index is 13.0. The van der Waals surface area contributed by atoms with Gasteiger partial charge in [-0.25, -0.2) is 0 Å². The fraction of sp³-hybridized carbons (Fsp3) is 0.840. The van der Waals surface area contributed by atoms with Gasteiger partial charge in [0.25, 0.3) is 0 Å². The molecular formula is C75H137NO10. The van der Waals surface area contributed by atoms with Crippen molar-refractivity contribution < 1.29 is 49.3 Å². The second-order valence-electron chi connectivity index (χ2n) is 25.2. The lowest BCUT2D eigenvalue weighted by Crippen LogP contribution is -2.60. The van der Waals surface area contributed by atoms with E-state index in [0.29, 0.717) is 19.4 Å². The highest BCUT2D eigenvalue weighted by Gasteiger charge is 2.44. The molecule has 86 heavy (non-hydrogen) atoms. The van der Waals surface area contributed by atoms with Crippen molar-refractivity contribution in [3.8, 4) is 0 Å². The predicted molar refractivity (Wildman–Crippen MR) is 361 cm³/mol. The van der Waals surface area contributed by atoms with E-state index in [2.05, 4.69) is 67.8 Å². The largest absolute Gasteiger partial charge is 0.466 e. The zero-order valence-corrected chi connectivity index (χ0v) is 55.8. The molecule has 6 N–H and O–H groups in total. The van der Waals surface area contributed by atoms with Gasteiger partial charge in [-0.05, 0) is 83.5 Å². The Morgan fingerprint density at radius 2 is 0.826 bits per heavy atom. The van der Waals surface area contributed by atoms with E-state index in [1.54, 1.807) is 6.08 Å². The third-order valence-electron chi connectivity index (χ3n) is 17.1. The quantitative estimate of drug-likeness (QED) is 0.0195. The molecule has 7 unspecified atom stereocenters. The molecule has 0 aromatic carbocycles. The second-order valence-corrected chi connectivity index (χ2v) is 25.2. The molecule has 0 spiro atoms. The summed E-state index contributed by atoms with van der Waals surface area (Å²) >= 11 is 0. The van der Waals surface area contributed by atoms with Gasteiger partial charge in [-0.15, -0.1) is 0 Å². The van der Waals surface area contributed by atoms with Gasteiger partial charge in [0.2, 0.25) is 5.91 Å². The number of carbonyl (C=O) groups excluding carboxylic acids is 2. The van der Waals surface area contributed by atoms with Crippen molar-refractivity contribution in [2.24, 2.45) is 0 Å². The molecular weight excluding hydrogens is 1070 g/mol. The van der Waals surface area contributed by atoms with Crippen LogP contribution < -0.4 is 5.32 Å². The summed E-state index contributed by atoms with van der Waals surface area (Å²) in [6, 6.07) is -0.834. The number of nitrogens with one attached hydrogen (secondary N) is 1. The first-order valence-corrected chi connectivity index (χ1v) is 36.6. The van der Waals surface area contributed by atoms with Gasteiger partial charge in [0.15, 0.2) is 6.29 Å². The number of amides is 1. The Kier molecular flexibility index (Phi) is 60.5. The highest BCUT2D eigenvalue weighted by molar-refractivity contribution is 5.76. The van der Waals surface area contributed by atoms with E-state index in [1.807, 2.05) is 6.08 Å². The molecule has 11 heteroatoms. The number of aliphatic hydroxyl groups excluding tert-OH is 5. The summed E-state index contributed by atoms with van der Waals surface area (Å²) in [5, 5.41) is 54.3. The number of esters is 1. The van der Waals surface area contributed by atoms with Crippen LogP contribution in [0.2, 0.25) is 0 Å². The predicted octanol–water partition coefficient (Wildman–Crippen LogP) is 18.9. The van der Waals surface area contributed by atoms with Crippen LogP contribution in [0.5, 0.6) is 0 Å². The fourth-order valence-electron chi connectivity index (χ4n) is 11.4. The van der Waals surface area contributed by atoms with Gasteiger partial charge in [-0.1, -0.05) is 306 Å². The lowest BCUT2D eigenvalue weighted by atomic mass is 9.99. The Balaban J connectivity index is 1.92. The van der Waals surface area contributed by atoms with Crippen LogP contribution in [0.15, 0.2) is 60.8 Å². The SMILES string of the molecule is CC/C=C/CC/C=C/CC/C=C/C(O)C(COC1OC(CO)C(O)C(O)C1O)NC(=O)CCCCCCCCCCCCCCCCC/C=C\C/C=C\CCCCCCCCCCCOC(=O)CCCCCCCCCCCCCCCCCCC. The van der Waals surface area contributed by atoms with Gasteiger partial charge in [0, 0.05) is 12.8 Å². The lowest BCUT2D eigenvalue weighted by Gasteiger charge is -2.40. The number of allylic oxidation sites excluding steroid dienone is 9. The van der Waals surface area contributed by atoms with E-state index >= 15 is 0 Å². The van der Waals surface area contributed by atoms with E-state index < -0.39 is 49.5 Å². The van der Waals surface area contributed by atoms with Crippen molar-refractivity contribution in [3.63, 3.8) is 0 Å². The summed E-state index contributed by atoms with van der Waals surface area (Å²) in [5.74, 6) is -0.189. The van der Waals surface area contributed by atoms with E-state index in [0.717, 1.165) is 77.0 Å². The van der Waals surface area contributed by atoms with Gasteiger partial charge in [0.05, 0.1) is 32.0 Å². The van der Waals surface area contributed by atoms with Crippen LogP contribution in [0.4, 0.5) is 0 Å². The Morgan fingerprint density at radius 1 is 0.442 bits per heavy atom. The van der Waals surface area contributed by atoms with Crippen LogP contribution in [-0.2, 0) is 23.8 Å². The highest BCUT2D eigenvalue weighted by Crippen LogP contribution is 2.23. The Bertz CT molecular complexity index is 1610. The number of carbonyl (C=O) groups is 2. The molecule has 0 radical (unpaired) electrons. The third-order valence-corrected chi connectivity index (χ3v) is 17.1. The van der Waals surface area contributed by atoms with E-state index in [9.17, 15) is 35.1 Å². The van der Waals surface area contributed by atoms with Gasteiger partial charge in [-0.3, -0.25) is 9.59 Å². The Morgan fingerprint density at radius 3 is 1.27 bits per heavy atom. The van der Waals surface area contributed by atoms with Crippen molar-refractivity contribution >= 4 is 11.9 Å². The number of unbranched alkanes of at least 4 members (excludes halogenated alkanes) is 42. The molecule has 1 amide bonds. The third kappa shape index (κ3) is 52.2. The number of aliphatic hydroxyl groups is 5.